The van der Waals surface area contributed by atoms with Crippen molar-refractivity contribution in [1.29, 1.82) is 0 Å². The maximum Gasteiger partial charge on any atom is 0.215 e. The highest BCUT2D eigenvalue weighted by atomic mass is 79.9. The summed E-state index contributed by atoms with van der Waals surface area (Å²) in [7, 11) is 0. The number of nitrogen functional groups attached to an aromatic ring is 1. The van der Waals surface area contributed by atoms with Crippen molar-refractivity contribution in [2.75, 3.05) is 5.73 Å². The number of aromatic nitrogens is 1. The SMILES string of the molecule is Nc1cccnc1C(=O)c1cscc1Br. The normalized spacial score (nSPS) is 10.2. The second-order valence-electron chi connectivity index (χ2n) is 2.90. The lowest BCUT2D eigenvalue weighted by Gasteiger charge is -2.01. The number of thiophene rings is 1. The van der Waals surface area contributed by atoms with Crippen molar-refractivity contribution in [3.05, 3.63) is 44.8 Å². The van der Waals surface area contributed by atoms with E-state index in [1.165, 1.54) is 11.3 Å². The van der Waals surface area contributed by atoms with E-state index >= 15 is 0 Å². The van der Waals surface area contributed by atoms with Crippen LogP contribution in [0, 0.1) is 0 Å². The maximum atomic E-state index is 12.0. The Morgan fingerprint density at radius 2 is 2.27 bits per heavy atom. The molecule has 0 saturated heterocycles. The van der Waals surface area contributed by atoms with Gasteiger partial charge in [-0.2, -0.15) is 11.3 Å². The molecule has 0 radical (unpaired) electrons. The average Bonchev–Trinajstić information content (AvgIpc) is 2.64. The lowest BCUT2D eigenvalue weighted by molar-refractivity contribution is 0.103. The van der Waals surface area contributed by atoms with Crippen LogP contribution in [0.25, 0.3) is 0 Å². The monoisotopic (exact) mass is 282 g/mol. The first-order valence-electron chi connectivity index (χ1n) is 4.17. The summed E-state index contributed by atoms with van der Waals surface area (Å²) >= 11 is 4.77. The smallest absolute Gasteiger partial charge is 0.215 e. The second kappa shape index (κ2) is 4.12. The summed E-state index contributed by atoms with van der Waals surface area (Å²) in [5.74, 6) is -0.152. The van der Waals surface area contributed by atoms with Crippen molar-refractivity contribution < 1.29 is 4.79 Å². The van der Waals surface area contributed by atoms with Gasteiger partial charge in [-0.1, -0.05) is 0 Å². The molecule has 0 aliphatic carbocycles. The summed E-state index contributed by atoms with van der Waals surface area (Å²) in [6, 6.07) is 3.37. The number of nitrogens with zero attached hydrogens (tertiary/aromatic N) is 1. The molecular formula is C10H7BrN2OS. The largest absolute Gasteiger partial charge is 0.397 e. The molecule has 76 valence electrons. The van der Waals surface area contributed by atoms with E-state index in [1.807, 2.05) is 5.38 Å². The standard InChI is InChI=1S/C10H7BrN2OS/c11-7-5-15-4-6(7)10(14)9-8(12)2-1-3-13-9/h1-5H,12H2. The summed E-state index contributed by atoms with van der Waals surface area (Å²) in [5.41, 5.74) is 6.99. The van der Waals surface area contributed by atoms with Crippen LogP contribution in [0.2, 0.25) is 0 Å². The molecule has 0 fully saturated rings. The van der Waals surface area contributed by atoms with Gasteiger partial charge >= 0.3 is 0 Å². The molecule has 2 aromatic rings. The van der Waals surface area contributed by atoms with Crippen LogP contribution in [0.3, 0.4) is 0 Å². The van der Waals surface area contributed by atoms with Gasteiger partial charge in [0, 0.05) is 27.0 Å². The van der Waals surface area contributed by atoms with Gasteiger partial charge in [0.2, 0.25) is 5.78 Å². The Kier molecular flexibility index (Phi) is 2.83. The van der Waals surface area contributed by atoms with E-state index in [1.54, 1.807) is 23.7 Å². The van der Waals surface area contributed by atoms with Crippen LogP contribution >= 0.6 is 27.3 Å². The molecule has 0 unspecified atom stereocenters. The number of rotatable bonds is 2. The summed E-state index contributed by atoms with van der Waals surface area (Å²) < 4.78 is 0.780. The number of nitrogens with two attached hydrogens (primary N) is 1. The summed E-state index contributed by atoms with van der Waals surface area (Å²) in [5, 5.41) is 3.63. The van der Waals surface area contributed by atoms with Crippen molar-refractivity contribution >= 4 is 38.7 Å². The predicted molar refractivity (Wildman–Crippen MR) is 64.1 cm³/mol. The Morgan fingerprint density at radius 3 is 2.87 bits per heavy atom. The van der Waals surface area contributed by atoms with E-state index in [-0.39, 0.29) is 5.78 Å². The van der Waals surface area contributed by atoms with Crippen LogP contribution in [-0.4, -0.2) is 10.8 Å². The third kappa shape index (κ3) is 1.93. The molecular weight excluding hydrogens is 276 g/mol. The maximum absolute atomic E-state index is 12.0. The number of halogens is 1. The van der Waals surface area contributed by atoms with Crippen LogP contribution < -0.4 is 5.73 Å². The van der Waals surface area contributed by atoms with Gasteiger partial charge in [-0.05, 0) is 28.1 Å². The molecule has 3 nitrogen and oxygen atoms in total. The van der Waals surface area contributed by atoms with E-state index in [0.29, 0.717) is 16.9 Å². The average molecular weight is 283 g/mol. The molecule has 15 heavy (non-hydrogen) atoms. The summed E-state index contributed by atoms with van der Waals surface area (Å²) in [6.07, 6.45) is 1.56. The fourth-order valence-electron chi connectivity index (χ4n) is 1.18. The third-order valence-electron chi connectivity index (χ3n) is 1.91. The molecule has 0 aromatic carbocycles. The lowest BCUT2D eigenvalue weighted by atomic mass is 10.1. The van der Waals surface area contributed by atoms with Gasteiger partial charge in [0.1, 0.15) is 5.69 Å². The quantitative estimate of drug-likeness (QED) is 0.862. The van der Waals surface area contributed by atoms with E-state index in [4.69, 9.17) is 5.73 Å². The minimum atomic E-state index is -0.152. The third-order valence-corrected chi connectivity index (χ3v) is 3.62. The fourth-order valence-corrected chi connectivity index (χ4v) is 2.63. The molecule has 0 amide bonds. The van der Waals surface area contributed by atoms with Gasteiger partial charge in [0.05, 0.1) is 5.69 Å². The molecule has 0 atom stereocenters. The molecule has 2 heterocycles. The second-order valence-corrected chi connectivity index (χ2v) is 4.50. The Balaban J connectivity index is 2.46. The Hall–Kier alpha value is -1.20. The Labute approximate surface area is 99.1 Å². The van der Waals surface area contributed by atoms with Gasteiger partial charge in [-0.3, -0.25) is 9.78 Å². The van der Waals surface area contributed by atoms with Gasteiger partial charge in [-0.25, -0.2) is 0 Å². The Bertz CT molecular complexity index is 510. The number of hydrogen-bond acceptors (Lipinski definition) is 4. The van der Waals surface area contributed by atoms with E-state index in [2.05, 4.69) is 20.9 Å². The highest BCUT2D eigenvalue weighted by molar-refractivity contribution is 9.10. The molecule has 0 spiro atoms. The molecule has 0 bridgehead atoms. The minimum Gasteiger partial charge on any atom is -0.397 e. The van der Waals surface area contributed by atoms with Crippen molar-refractivity contribution in [2.45, 2.75) is 0 Å². The first-order chi connectivity index (χ1) is 7.20. The van der Waals surface area contributed by atoms with Crippen LogP contribution in [0.4, 0.5) is 5.69 Å². The first-order valence-corrected chi connectivity index (χ1v) is 5.90. The fraction of sp³-hybridized carbons (Fsp3) is 0. The highest BCUT2D eigenvalue weighted by Gasteiger charge is 2.16. The van der Waals surface area contributed by atoms with Crippen LogP contribution in [-0.2, 0) is 0 Å². The number of anilines is 1. The summed E-state index contributed by atoms with van der Waals surface area (Å²) in [6.45, 7) is 0. The molecule has 5 heteroatoms. The zero-order valence-electron chi connectivity index (χ0n) is 7.61. The van der Waals surface area contributed by atoms with Gasteiger partial charge in [0.15, 0.2) is 0 Å². The molecule has 0 saturated carbocycles. The van der Waals surface area contributed by atoms with Crippen LogP contribution in [0.15, 0.2) is 33.6 Å². The molecule has 0 aliphatic heterocycles. The number of hydrogen-bond donors (Lipinski definition) is 1. The minimum absolute atomic E-state index is 0.152. The van der Waals surface area contributed by atoms with Crippen molar-refractivity contribution in [2.24, 2.45) is 0 Å². The molecule has 0 aliphatic rings. The van der Waals surface area contributed by atoms with Crippen molar-refractivity contribution in [3.63, 3.8) is 0 Å². The Morgan fingerprint density at radius 1 is 1.47 bits per heavy atom. The van der Waals surface area contributed by atoms with E-state index in [9.17, 15) is 4.79 Å². The number of carbonyl (C=O) groups is 1. The van der Waals surface area contributed by atoms with E-state index < -0.39 is 0 Å². The first kappa shape index (κ1) is 10.3. The van der Waals surface area contributed by atoms with Crippen LogP contribution in [0.5, 0.6) is 0 Å². The van der Waals surface area contributed by atoms with Gasteiger partial charge in [0.25, 0.3) is 0 Å². The van der Waals surface area contributed by atoms with Gasteiger partial charge < -0.3 is 5.73 Å². The van der Waals surface area contributed by atoms with Gasteiger partial charge in [-0.15, -0.1) is 0 Å². The number of pyridine rings is 1. The zero-order chi connectivity index (χ0) is 10.8. The number of carbonyl (C=O) groups excluding carboxylic acids is 1. The topological polar surface area (TPSA) is 56.0 Å². The molecule has 2 N–H and O–H groups in total. The number of ketones is 1. The molecule has 2 rings (SSSR count). The molecule has 2 aromatic heterocycles. The lowest BCUT2D eigenvalue weighted by Crippen LogP contribution is -2.07. The predicted octanol–water partition coefficient (Wildman–Crippen LogP) is 2.72. The summed E-state index contributed by atoms with van der Waals surface area (Å²) in [4.78, 5) is 16.0. The van der Waals surface area contributed by atoms with Crippen LogP contribution in [0.1, 0.15) is 16.1 Å². The zero-order valence-corrected chi connectivity index (χ0v) is 10.0. The highest BCUT2D eigenvalue weighted by Crippen LogP contribution is 2.24. The van der Waals surface area contributed by atoms with Crippen molar-refractivity contribution in [1.82, 2.24) is 4.98 Å². The van der Waals surface area contributed by atoms with E-state index in [0.717, 1.165) is 4.47 Å². The van der Waals surface area contributed by atoms with Crippen molar-refractivity contribution in [3.8, 4) is 0 Å².